The Morgan fingerprint density at radius 1 is 1.09 bits per heavy atom. The van der Waals surface area contributed by atoms with Gasteiger partial charge in [-0.3, -0.25) is 4.90 Å². The summed E-state index contributed by atoms with van der Waals surface area (Å²) in [5.41, 5.74) is 4.06. The number of carbonyl (C=O) groups excluding carboxylic acids is 1. The molecule has 33 heavy (non-hydrogen) atoms. The summed E-state index contributed by atoms with van der Waals surface area (Å²) in [6.07, 6.45) is 2.68. The molecule has 3 saturated heterocycles. The van der Waals surface area contributed by atoms with E-state index in [0.29, 0.717) is 5.92 Å². The van der Waals surface area contributed by atoms with Crippen LogP contribution in [0.2, 0.25) is 0 Å². The summed E-state index contributed by atoms with van der Waals surface area (Å²) >= 11 is 0. The van der Waals surface area contributed by atoms with Crippen LogP contribution >= 0.6 is 0 Å². The van der Waals surface area contributed by atoms with Gasteiger partial charge in [-0.1, -0.05) is 44.2 Å². The summed E-state index contributed by atoms with van der Waals surface area (Å²) in [5, 5.41) is 3.15. The normalized spacial score (nSPS) is 27.3. The van der Waals surface area contributed by atoms with E-state index >= 15 is 0 Å². The molecule has 0 spiro atoms. The van der Waals surface area contributed by atoms with Gasteiger partial charge in [0, 0.05) is 6.54 Å². The summed E-state index contributed by atoms with van der Waals surface area (Å²) in [4.78, 5) is 15.2. The van der Waals surface area contributed by atoms with Crippen molar-refractivity contribution in [3.05, 3.63) is 53.6 Å². The fraction of sp³-hybridized carbons (Fsp3) is 0.500. The van der Waals surface area contributed by atoms with Crippen LogP contribution in [0.15, 0.2) is 42.5 Å². The van der Waals surface area contributed by atoms with Gasteiger partial charge < -0.3 is 14.8 Å². The Bertz CT molecular complexity index is 1020. The first-order chi connectivity index (χ1) is 15.8. The molecule has 6 rings (SSSR count). The van der Waals surface area contributed by atoms with Crippen molar-refractivity contribution in [2.45, 2.75) is 51.9 Å². The molecule has 2 aromatic rings. The molecule has 1 aliphatic carbocycles. The zero-order valence-electron chi connectivity index (χ0n) is 19.0. The molecule has 2 atom stereocenters. The fourth-order valence-electron chi connectivity index (χ4n) is 5.67. The van der Waals surface area contributed by atoms with Crippen molar-refractivity contribution in [3.63, 3.8) is 0 Å². The molecule has 5 nitrogen and oxygen atoms in total. The highest BCUT2D eigenvalue weighted by atomic mass is 19.3. The number of ether oxygens (including phenoxy) is 2. The zero-order valence-corrected chi connectivity index (χ0v) is 19.0. The van der Waals surface area contributed by atoms with Gasteiger partial charge in [0.2, 0.25) is 0 Å². The Morgan fingerprint density at radius 2 is 1.79 bits per heavy atom. The predicted molar refractivity (Wildman–Crippen MR) is 121 cm³/mol. The van der Waals surface area contributed by atoms with Crippen molar-refractivity contribution in [1.29, 1.82) is 0 Å². The van der Waals surface area contributed by atoms with Crippen LogP contribution in [0.5, 0.6) is 5.75 Å². The lowest BCUT2D eigenvalue weighted by Crippen LogP contribution is -2.53. The maximum atomic E-state index is 12.8. The summed E-state index contributed by atoms with van der Waals surface area (Å²) < 4.78 is 35.1. The number of fused-ring (bicyclic) bond motifs is 4. The number of alkyl carbamates (subject to hydrolysis) is 1. The fourth-order valence-corrected chi connectivity index (χ4v) is 5.67. The van der Waals surface area contributed by atoms with Crippen LogP contribution in [0.3, 0.4) is 0 Å². The van der Waals surface area contributed by atoms with Crippen molar-refractivity contribution in [3.8, 4) is 16.9 Å². The van der Waals surface area contributed by atoms with Crippen LogP contribution < -0.4 is 10.1 Å². The highest BCUT2D eigenvalue weighted by Crippen LogP contribution is 2.46. The van der Waals surface area contributed by atoms with Crippen LogP contribution in [0, 0.1) is 11.3 Å². The molecule has 2 bridgehead atoms. The lowest BCUT2D eigenvalue weighted by molar-refractivity contribution is -0.0498. The first-order valence-corrected chi connectivity index (χ1v) is 11.7. The van der Waals surface area contributed by atoms with E-state index in [2.05, 4.69) is 40.9 Å². The number of benzene rings is 2. The molecule has 3 heterocycles. The number of hydrogen-bond acceptors (Lipinski definition) is 4. The molecule has 1 amide bonds. The van der Waals surface area contributed by atoms with Gasteiger partial charge in [0.15, 0.2) is 0 Å². The van der Waals surface area contributed by atoms with E-state index < -0.39 is 6.61 Å². The number of rotatable bonds is 5. The summed E-state index contributed by atoms with van der Waals surface area (Å²) in [6.45, 7) is 4.54. The van der Waals surface area contributed by atoms with E-state index in [1.807, 2.05) is 6.07 Å². The SMILES string of the molecule is CC1(C)Cc2cc(-c3ccc(OC(F)F)cc3)ccc2C1NC(=O)O[C@H]1CN2CCC1CC2. The van der Waals surface area contributed by atoms with Crippen molar-refractivity contribution < 1.29 is 23.0 Å². The Labute approximate surface area is 193 Å². The minimum atomic E-state index is -2.83. The summed E-state index contributed by atoms with van der Waals surface area (Å²) in [5.74, 6) is 0.617. The molecule has 3 fully saturated rings. The van der Waals surface area contributed by atoms with Gasteiger partial charge in [-0.05, 0) is 78.1 Å². The second kappa shape index (κ2) is 8.60. The predicted octanol–water partition coefficient (Wildman–Crippen LogP) is 5.40. The maximum Gasteiger partial charge on any atom is 0.407 e. The zero-order chi connectivity index (χ0) is 23.2. The molecular formula is C26H30F2N2O3. The maximum absolute atomic E-state index is 12.8. The van der Waals surface area contributed by atoms with E-state index in [1.54, 1.807) is 24.3 Å². The van der Waals surface area contributed by atoms with Gasteiger partial charge in [0.25, 0.3) is 0 Å². The smallest absolute Gasteiger partial charge is 0.407 e. The molecule has 3 aliphatic heterocycles. The van der Waals surface area contributed by atoms with Crippen LogP contribution in [0.1, 0.15) is 43.9 Å². The van der Waals surface area contributed by atoms with E-state index in [4.69, 9.17) is 4.74 Å². The summed E-state index contributed by atoms with van der Waals surface area (Å²) in [7, 11) is 0. The quantitative estimate of drug-likeness (QED) is 0.655. The largest absolute Gasteiger partial charge is 0.445 e. The number of amides is 1. The van der Waals surface area contributed by atoms with E-state index in [9.17, 15) is 13.6 Å². The molecule has 1 unspecified atom stereocenters. The number of nitrogens with one attached hydrogen (secondary N) is 1. The molecule has 4 aliphatic rings. The van der Waals surface area contributed by atoms with Gasteiger partial charge in [-0.15, -0.1) is 0 Å². The summed E-state index contributed by atoms with van der Waals surface area (Å²) in [6, 6.07) is 12.7. The van der Waals surface area contributed by atoms with E-state index in [1.165, 1.54) is 5.56 Å². The molecule has 0 aromatic heterocycles. The minimum absolute atomic E-state index is 0.0177. The first kappa shape index (κ1) is 22.1. The average molecular weight is 457 g/mol. The minimum Gasteiger partial charge on any atom is -0.445 e. The monoisotopic (exact) mass is 456 g/mol. The molecule has 0 radical (unpaired) electrons. The van der Waals surface area contributed by atoms with Crippen molar-refractivity contribution >= 4 is 6.09 Å². The molecule has 1 N–H and O–H groups in total. The third-order valence-corrected chi connectivity index (χ3v) is 7.41. The van der Waals surface area contributed by atoms with Crippen LogP contribution in [0.4, 0.5) is 13.6 Å². The second-order valence-electron chi connectivity index (χ2n) is 10.1. The number of nitrogens with zero attached hydrogens (tertiary/aromatic N) is 1. The lowest BCUT2D eigenvalue weighted by atomic mass is 9.85. The Hall–Kier alpha value is -2.67. The number of hydrogen-bond donors (Lipinski definition) is 1. The highest BCUT2D eigenvalue weighted by Gasteiger charge is 2.42. The molecule has 0 saturated carbocycles. The van der Waals surface area contributed by atoms with Gasteiger partial charge in [0.1, 0.15) is 11.9 Å². The first-order valence-electron chi connectivity index (χ1n) is 11.7. The van der Waals surface area contributed by atoms with Gasteiger partial charge in [-0.2, -0.15) is 8.78 Å². The third kappa shape index (κ3) is 4.56. The van der Waals surface area contributed by atoms with Crippen molar-refractivity contribution in [2.75, 3.05) is 19.6 Å². The molecule has 176 valence electrons. The molecular weight excluding hydrogens is 426 g/mol. The van der Waals surface area contributed by atoms with Crippen LogP contribution in [-0.2, 0) is 11.2 Å². The van der Waals surface area contributed by atoms with E-state index in [-0.39, 0.29) is 29.4 Å². The third-order valence-electron chi connectivity index (χ3n) is 7.41. The molecule has 7 heteroatoms. The van der Waals surface area contributed by atoms with Crippen LogP contribution in [0.25, 0.3) is 11.1 Å². The highest BCUT2D eigenvalue weighted by molar-refractivity contribution is 5.70. The van der Waals surface area contributed by atoms with Crippen LogP contribution in [-0.4, -0.2) is 43.3 Å². The number of carbonyl (C=O) groups is 1. The second-order valence-corrected chi connectivity index (χ2v) is 10.1. The Balaban J connectivity index is 1.29. The molecule has 2 aromatic carbocycles. The Morgan fingerprint density at radius 3 is 2.42 bits per heavy atom. The number of piperidine rings is 3. The topological polar surface area (TPSA) is 50.8 Å². The number of halogens is 2. The Kier molecular flexibility index (Phi) is 5.77. The van der Waals surface area contributed by atoms with Crippen molar-refractivity contribution in [1.82, 2.24) is 10.2 Å². The van der Waals surface area contributed by atoms with Crippen molar-refractivity contribution in [2.24, 2.45) is 11.3 Å². The van der Waals surface area contributed by atoms with E-state index in [0.717, 1.165) is 55.6 Å². The standard InChI is InChI=1S/C26H30F2N2O3/c1-26(2)14-19-13-18(16-3-6-20(7-4-16)32-24(27)28)5-8-21(19)23(26)29-25(31)33-22-15-30-11-9-17(22)10-12-30/h3-8,13,17,22-24H,9-12,14-15H2,1-2H3,(H,29,31)/t22-,23?/m0/s1. The lowest BCUT2D eigenvalue weighted by Gasteiger charge is -2.44. The van der Waals surface area contributed by atoms with Gasteiger partial charge >= 0.3 is 12.7 Å². The van der Waals surface area contributed by atoms with Gasteiger partial charge in [-0.25, -0.2) is 4.79 Å². The average Bonchev–Trinajstić information content (AvgIpc) is 3.03. The van der Waals surface area contributed by atoms with Gasteiger partial charge in [0.05, 0.1) is 6.04 Å². The number of alkyl halides is 2.